The Balaban J connectivity index is 3.13. The van der Waals surface area contributed by atoms with E-state index in [4.69, 9.17) is 6.42 Å². The van der Waals surface area contributed by atoms with Crippen LogP contribution < -0.4 is 0 Å². The number of aromatic nitrogens is 3. The monoisotopic (exact) mass is 203 g/mol. The SMILES string of the molecule is C#CC=C(C(=O)C(C)(C)C)n1cncn1. The number of carbonyl (C=O) groups is 1. The number of hydrogen-bond acceptors (Lipinski definition) is 3. The van der Waals surface area contributed by atoms with Crippen LogP contribution in [0.15, 0.2) is 18.7 Å². The first kappa shape index (κ1) is 11.2. The van der Waals surface area contributed by atoms with E-state index in [1.807, 2.05) is 20.8 Å². The van der Waals surface area contributed by atoms with Crippen LogP contribution in [0.1, 0.15) is 20.8 Å². The molecule has 0 radical (unpaired) electrons. The molecule has 0 aliphatic carbocycles. The fourth-order valence-electron chi connectivity index (χ4n) is 1.03. The first-order valence-corrected chi connectivity index (χ1v) is 4.53. The Morgan fingerprint density at radius 1 is 1.53 bits per heavy atom. The van der Waals surface area contributed by atoms with Gasteiger partial charge in [-0.2, -0.15) is 5.10 Å². The van der Waals surface area contributed by atoms with Crippen molar-refractivity contribution in [1.82, 2.24) is 14.8 Å². The van der Waals surface area contributed by atoms with Crippen LogP contribution in [0.25, 0.3) is 5.70 Å². The number of Topliss-reactive ketones (excluding diaryl/α,β-unsaturated/α-hetero) is 1. The van der Waals surface area contributed by atoms with Crippen molar-refractivity contribution in [3.63, 3.8) is 0 Å². The second kappa shape index (κ2) is 4.09. The summed E-state index contributed by atoms with van der Waals surface area (Å²) in [5.74, 6) is 2.27. The van der Waals surface area contributed by atoms with Crippen LogP contribution in [-0.4, -0.2) is 20.5 Å². The molecule has 0 unspecified atom stereocenters. The van der Waals surface area contributed by atoms with Crippen LogP contribution in [0.4, 0.5) is 0 Å². The Hall–Kier alpha value is -1.89. The summed E-state index contributed by atoms with van der Waals surface area (Å²) in [4.78, 5) is 15.8. The highest BCUT2D eigenvalue weighted by Crippen LogP contribution is 2.21. The molecule has 4 nitrogen and oxygen atoms in total. The quantitative estimate of drug-likeness (QED) is 0.538. The zero-order valence-electron chi connectivity index (χ0n) is 9.06. The molecule has 0 spiro atoms. The summed E-state index contributed by atoms with van der Waals surface area (Å²) in [5.41, 5.74) is -0.128. The molecule has 0 aliphatic heterocycles. The molecule has 0 atom stereocenters. The number of carbonyl (C=O) groups excluding carboxylic acids is 1. The molecule has 0 fully saturated rings. The Labute approximate surface area is 89.0 Å². The van der Waals surface area contributed by atoms with Crippen molar-refractivity contribution in [2.24, 2.45) is 5.41 Å². The van der Waals surface area contributed by atoms with E-state index in [1.54, 1.807) is 0 Å². The van der Waals surface area contributed by atoms with Crippen molar-refractivity contribution in [3.8, 4) is 12.3 Å². The Bertz CT molecular complexity index is 416. The van der Waals surface area contributed by atoms with Gasteiger partial charge >= 0.3 is 0 Å². The lowest BCUT2D eigenvalue weighted by Crippen LogP contribution is -2.24. The zero-order valence-corrected chi connectivity index (χ0v) is 9.06. The number of allylic oxidation sites excluding steroid dienone is 2. The minimum Gasteiger partial charge on any atom is -0.292 e. The van der Waals surface area contributed by atoms with Gasteiger partial charge in [0.1, 0.15) is 18.4 Å². The van der Waals surface area contributed by atoms with Gasteiger partial charge < -0.3 is 0 Å². The maximum absolute atomic E-state index is 12.0. The average molecular weight is 203 g/mol. The molecule has 0 saturated carbocycles. The van der Waals surface area contributed by atoms with Gasteiger partial charge in [-0.1, -0.05) is 26.7 Å². The van der Waals surface area contributed by atoms with E-state index >= 15 is 0 Å². The lowest BCUT2D eigenvalue weighted by molar-refractivity contribution is -0.120. The Kier molecular flexibility index (Phi) is 3.05. The van der Waals surface area contributed by atoms with Crippen molar-refractivity contribution in [2.45, 2.75) is 20.8 Å². The second-order valence-corrected chi connectivity index (χ2v) is 4.12. The van der Waals surface area contributed by atoms with Crippen molar-refractivity contribution < 1.29 is 4.79 Å². The van der Waals surface area contributed by atoms with Gasteiger partial charge in [0.15, 0.2) is 5.78 Å². The predicted octanol–water partition coefficient (Wildman–Crippen LogP) is 1.37. The standard InChI is InChI=1S/C11H13N3O/c1-5-6-9(10(15)11(2,3)4)14-8-12-7-13-14/h1,6-8H,2-4H3. The molecule has 78 valence electrons. The fraction of sp³-hybridized carbons (Fsp3) is 0.364. The number of nitrogens with zero attached hydrogens (tertiary/aromatic N) is 3. The molecular weight excluding hydrogens is 190 g/mol. The molecule has 4 heteroatoms. The third-order valence-electron chi connectivity index (χ3n) is 1.80. The minimum atomic E-state index is -0.491. The van der Waals surface area contributed by atoms with Gasteiger partial charge in [0, 0.05) is 11.5 Å². The lowest BCUT2D eigenvalue weighted by Gasteiger charge is -2.17. The zero-order chi connectivity index (χ0) is 11.5. The molecule has 1 rings (SSSR count). The van der Waals surface area contributed by atoms with Gasteiger partial charge in [-0.05, 0) is 0 Å². The maximum Gasteiger partial charge on any atom is 0.187 e. The van der Waals surface area contributed by atoms with Gasteiger partial charge in [-0.3, -0.25) is 4.79 Å². The normalized spacial score (nSPS) is 12.3. The molecule has 1 heterocycles. The summed E-state index contributed by atoms with van der Waals surface area (Å²) < 4.78 is 1.38. The molecular formula is C11H13N3O. The van der Waals surface area contributed by atoms with Gasteiger partial charge in [-0.25, -0.2) is 9.67 Å². The molecule has 0 bridgehead atoms. The molecule has 0 aromatic carbocycles. The molecule has 0 saturated heterocycles. The maximum atomic E-state index is 12.0. The lowest BCUT2D eigenvalue weighted by atomic mass is 9.89. The number of ketones is 1. The van der Waals surface area contributed by atoms with Crippen LogP contribution >= 0.6 is 0 Å². The predicted molar refractivity (Wildman–Crippen MR) is 57.6 cm³/mol. The van der Waals surface area contributed by atoms with Crippen LogP contribution in [0.5, 0.6) is 0 Å². The molecule has 1 aromatic rings. The topological polar surface area (TPSA) is 47.8 Å². The first-order chi connectivity index (χ1) is 6.96. The number of rotatable bonds is 2. The van der Waals surface area contributed by atoms with Crippen molar-refractivity contribution >= 4 is 11.5 Å². The van der Waals surface area contributed by atoms with E-state index < -0.39 is 5.41 Å². The minimum absolute atomic E-state index is 0.0639. The van der Waals surface area contributed by atoms with Crippen LogP contribution in [0.3, 0.4) is 0 Å². The molecule has 15 heavy (non-hydrogen) atoms. The third-order valence-corrected chi connectivity index (χ3v) is 1.80. The van der Waals surface area contributed by atoms with Crippen molar-refractivity contribution in [1.29, 1.82) is 0 Å². The summed E-state index contributed by atoms with van der Waals surface area (Å²) in [7, 11) is 0. The van der Waals surface area contributed by atoms with E-state index in [0.29, 0.717) is 5.70 Å². The van der Waals surface area contributed by atoms with Crippen LogP contribution in [0, 0.1) is 17.8 Å². The van der Waals surface area contributed by atoms with E-state index in [9.17, 15) is 4.79 Å². The summed E-state index contributed by atoms with van der Waals surface area (Å²) in [6.45, 7) is 5.49. The fourth-order valence-corrected chi connectivity index (χ4v) is 1.03. The number of hydrogen-bond donors (Lipinski definition) is 0. The van der Waals surface area contributed by atoms with Gasteiger partial charge in [0.25, 0.3) is 0 Å². The van der Waals surface area contributed by atoms with Crippen molar-refractivity contribution in [2.75, 3.05) is 0 Å². The van der Waals surface area contributed by atoms with Gasteiger partial charge in [0.2, 0.25) is 0 Å². The van der Waals surface area contributed by atoms with E-state index in [1.165, 1.54) is 23.4 Å². The Morgan fingerprint density at radius 3 is 2.60 bits per heavy atom. The van der Waals surface area contributed by atoms with Gasteiger partial charge in [0.05, 0.1) is 0 Å². The van der Waals surface area contributed by atoms with Gasteiger partial charge in [-0.15, -0.1) is 6.42 Å². The van der Waals surface area contributed by atoms with E-state index in [0.717, 1.165) is 0 Å². The van der Waals surface area contributed by atoms with E-state index in [-0.39, 0.29) is 5.78 Å². The number of terminal acetylenes is 1. The summed E-state index contributed by atoms with van der Waals surface area (Å²) in [6, 6.07) is 0. The van der Waals surface area contributed by atoms with E-state index in [2.05, 4.69) is 16.0 Å². The van der Waals surface area contributed by atoms with Crippen molar-refractivity contribution in [3.05, 3.63) is 18.7 Å². The molecule has 0 amide bonds. The van der Waals surface area contributed by atoms with Crippen LogP contribution in [0.2, 0.25) is 0 Å². The largest absolute Gasteiger partial charge is 0.292 e. The average Bonchev–Trinajstić information content (AvgIpc) is 2.64. The highest BCUT2D eigenvalue weighted by Gasteiger charge is 2.26. The molecule has 0 N–H and O–H groups in total. The molecule has 0 aliphatic rings. The van der Waals surface area contributed by atoms with Crippen LogP contribution in [-0.2, 0) is 4.79 Å². The molecule has 1 aromatic heterocycles. The highest BCUT2D eigenvalue weighted by atomic mass is 16.1. The first-order valence-electron chi connectivity index (χ1n) is 4.53. The summed E-state index contributed by atoms with van der Waals surface area (Å²) in [6.07, 6.45) is 9.39. The smallest absolute Gasteiger partial charge is 0.187 e. The second-order valence-electron chi connectivity index (χ2n) is 4.12. The summed E-state index contributed by atoms with van der Waals surface area (Å²) >= 11 is 0. The third kappa shape index (κ3) is 2.53. The Morgan fingerprint density at radius 2 is 2.20 bits per heavy atom. The highest BCUT2D eigenvalue weighted by molar-refractivity contribution is 6.17. The summed E-state index contributed by atoms with van der Waals surface area (Å²) in [5, 5.41) is 3.89.